The second-order valence-electron chi connectivity index (χ2n) is 5.84. The Bertz CT molecular complexity index is 751. The number of nitrogens with one attached hydrogen (secondary N) is 1. The zero-order chi connectivity index (χ0) is 16.4. The molecule has 6 heteroatoms. The SMILES string of the molecule is CCn1nc(C)cc1NC(=O)[C@]1(C)CC(c2ccccc2)=NO1. The molecule has 0 spiro atoms. The standard InChI is InChI=1S/C17H20N4O2/c1-4-21-15(10-12(2)19-21)18-16(22)17(3)11-14(20-23-17)13-8-6-5-7-9-13/h5-10H,4,11H2,1-3H3,(H,18,22)/t17-/m0/s1. The Kier molecular flexibility index (Phi) is 3.90. The molecule has 1 amide bonds. The molecule has 0 bridgehead atoms. The van der Waals surface area contributed by atoms with Gasteiger partial charge in [0.1, 0.15) is 5.82 Å². The van der Waals surface area contributed by atoms with Crippen molar-refractivity contribution in [3.63, 3.8) is 0 Å². The van der Waals surface area contributed by atoms with Gasteiger partial charge in [0.25, 0.3) is 5.91 Å². The van der Waals surface area contributed by atoms with E-state index < -0.39 is 5.60 Å². The molecular weight excluding hydrogens is 292 g/mol. The van der Waals surface area contributed by atoms with Crippen LogP contribution in [0.25, 0.3) is 0 Å². The number of benzene rings is 1. The van der Waals surface area contributed by atoms with Gasteiger partial charge < -0.3 is 10.2 Å². The first kappa shape index (κ1) is 15.3. The Morgan fingerprint density at radius 2 is 2.13 bits per heavy atom. The lowest BCUT2D eigenvalue weighted by molar-refractivity contribution is -0.136. The van der Waals surface area contributed by atoms with Crippen molar-refractivity contribution in [2.75, 3.05) is 5.32 Å². The summed E-state index contributed by atoms with van der Waals surface area (Å²) >= 11 is 0. The van der Waals surface area contributed by atoms with Gasteiger partial charge in [-0.25, -0.2) is 4.68 Å². The maximum Gasteiger partial charge on any atom is 0.272 e. The van der Waals surface area contributed by atoms with E-state index in [1.54, 1.807) is 11.6 Å². The van der Waals surface area contributed by atoms with Crippen molar-refractivity contribution < 1.29 is 9.63 Å². The summed E-state index contributed by atoms with van der Waals surface area (Å²) < 4.78 is 1.75. The van der Waals surface area contributed by atoms with Gasteiger partial charge in [0.2, 0.25) is 5.60 Å². The van der Waals surface area contributed by atoms with E-state index in [1.807, 2.05) is 50.2 Å². The summed E-state index contributed by atoms with van der Waals surface area (Å²) in [5.74, 6) is 0.453. The minimum absolute atomic E-state index is 0.221. The maximum absolute atomic E-state index is 12.6. The smallest absolute Gasteiger partial charge is 0.272 e. The summed E-state index contributed by atoms with van der Waals surface area (Å²) in [5, 5.41) is 11.3. The van der Waals surface area contributed by atoms with E-state index in [-0.39, 0.29) is 5.91 Å². The Morgan fingerprint density at radius 1 is 1.39 bits per heavy atom. The van der Waals surface area contributed by atoms with E-state index >= 15 is 0 Å². The summed E-state index contributed by atoms with van der Waals surface area (Å²) in [4.78, 5) is 18.1. The van der Waals surface area contributed by atoms with Crippen LogP contribution in [0.3, 0.4) is 0 Å². The molecule has 1 atom stereocenters. The summed E-state index contributed by atoms with van der Waals surface area (Å²) in [6.07, 6.45) is 0.433. The minimum atomic E-state index is -1.01. The van der Waals surface area contributed by atoms with Crippen molar-refractivity contribution in [2.24, 2.45) is 5.16 Å². The van der Waals surface area contributed by atoms with Gasteiger partial charge in [-0.05, 0) is 26.3 Å². The molecule has 1 aliphatic heterocycles. The van der Waals surface area contributed by atoms with E-state index in [0.717, 1.165) is 17.0 Å². The van der Waals surface area contributed by atoms with Crippen LogP contribution in [-0.2, 0) is 16.2 Å². The van der Waals surface area contributed by atoms with Crippen molar-refractivity contribution in [1.82, 2.24) is 9.78 Å². The number of oxime groups is 1. The molecule has 23 heavy (non-hydrogen) atoms. The van der Waals surface area contributed by atoms with Crippen LogP contribution in [-0.4, -0.2) is 27.0 Å². The number of nitrogens with zero attached hydrogens (tertiary/aromatic N) is 3. The van der Waals surface area contributed by atoms with Gasteiger partial charge in [0.15, 0.2) is 0 Å². The van der Waals surface area contributed by atoms with Crippen LogP contribution in [0.5, 0.6) is 0 Å². The van der Waals surface area contributed by atoms with Crippen LogP contribution in [0.1, 0.15) is 31.5 Å². The number of amides is 1. The number of hydrogen-bond donors (Lipinski definition) is 1. The molecule has 1 aromatic carbocycles. The lowest BCUT2D eigenvalue weighted by Gasteiger charge is -2.20. The van der Waals surface area contributed by atoms with Gasteiger partial charge >= 0.3 is 0 Å². The normalized spacial score (nSPS) is 20.0. The number of anilines is 1. The average Bonchev–Trinajstić information content (AvgIpc) is 3.12. The largest absolute Gasteiger partial charge is 0.379 e. The first-order chi connectivity index (χ1) is 11.0. The van der Waals surface area contributed by atoms with Crippen LogP contribution >= 0.6 is 0 Å². The third kappa shape index (κ3) is 2.97. The van der Waals surface area contributed by atoms with Crippen molar-refractivity contribution in [2.45, 2.75) is 39.3 Å². The van der Waals surface area contributed by atoms with E-state index in [2.05, 4.69) is 15.6 Å². The van der Waals surface area contributed by atoms with Crippen LogP contribution < -0.4 is 5.32 Å². The molecule has 3 rings (SSSR count). The summed E-state index contributed by atoms with van der Waals surface area (Å²) in [5.41, 5.74) is 1.60. The fourth-order valence-corrected chi connectivity index (χ4v) is 2.58. The van der Waals surface area contributed by atoms with E-state index in [9.17, 15) is 4.79 Å². The summed E-state index contributed by atoms with van der Waals surface area (Å²) in [7, 11) is 0. The number of carbonyl (C=O) groups is 1. The average molecular weight is 312 g/mol. The predicted octanol–water partition coefficient (Wildman–Crippen LogP) is 2.73. The predicted molar refractivity (Wildman–Crippen MR) is 88.4 cm³/mol. The highest BCUT2D eigenvalue weighted by atomic mass is 16.7. The zero-order valence-corrected chi connectivity index (χ0v) is 13.5. The number of rotatable bonds is 4. The molecule has 0 aliphatic carbocycles. The van der Waals surface area contributed by atoms with Crippen molar-refractivity contribution >= 4 is 17.4 Å². The Morgan fingerprint density at radius 3 is 2.83 bits per heavy atom. The van der Waals surface area contributed by atoms with Gasteiger partial charge in [0.05, 0.1) is 11.4 Å². The lowest BCUT2D eigenvalue weighted by atomic mass is 9.95. The van der Waals surface area contributed by atoms with Crippen LogP contribution in [0.2, 0.25) is 0 Å². The molecule has 2 heterocycles. The summed E-state index contributed by atoms with van der Waals surface area (Å²) in [6.45, 7) is 6.31. The molecule has 0 unspecified atom stereocenters. The Hall–Kier alpha value is -2.63. The summed E-state index contributed by atoms with van der Waals surface area (Å²) in [6, 6.07) is 11.6. The zero-order valence-electron chi connectivity index (χ0n) is 13.5. The van der Waals surface area contributed by atoms with Crippen molar-refractivity contribution in [1.29, 1.82) is 0 Å². The van der Waals surface area contributed by atoms with Gasteiger partial charge in [0, 0.05) is 19.0 Å². The molecule has 1 aromatic heterocycles. The van der Waals surface area contributed by atoms with E-state index in [0.29, 0.717) is 18.8 Å². The number of aromatic nitrogens is 2. The second kappa shape index (κ2) is 5.87. The van der Waals surface area contributed by atoms with E-state index in [1.165, 1.54) is 0 Å². The number of aryl methyl sites for hydroxylation is 2. The maximum atomic E-state index is 12.6. The molecule has 1 aliphatic rings. The minimum Gasteiger partial charge on any atom is -0.379 e. The Balaban J connectivity index is 1.73. The molecular formula is C17H20N4O2. The highest BCUT2D eigenvalue weighted by molar-refractivity contribution is 6.07. The lowest BCUT2D eigenvalue weighted by Crippen LogP contribution is -2.40. The molecule has 0 fully saturated rings. The van der Waals surface area contributed by atoms with Crippen LogP contribution in [0, 0.1) is 6.92 Å². The van der Waals surface area contributed by atoms with Crippen LogP contribution in [0.4, 0.5) is 5.82 Å². The number of carbonyl (C=O) groups excluding carboxylic acids is 1. The first-order valence-corrected chi connectivity index (χ1v) is 7.68. The van der Waals surface area contributed by atoms with Crippen LogP contribution in [0.15, 0.2) is 41.6 Å². The van der Waals surface area contributed by atoms with E-state index in [4.69, 9.17) is 4.84 Å². The first-order valence-electron chi connectivity index (χ1n) is 7.68. The molecule has 1 N–H and O–H groups in total. The highest BCUT2D eigenvalue weighted by Crippen LogP contribution is 2.28. The molecule has 0 saturated heterocycles. The third-order valence-electron chi connectivity index (χ3n) is 3.89. The topological polar surface area (TPSA) is 68.5 Å². The van der Waals surface area contributed by atoms with Gasteiger partial charge in [-0.15, -0.1) is 0 Å². The molecule has 0 saturated carbocycles. The van der Waals surface area contributed by atoms with Gasteiger partial charge in [-0.3, -0.25) is 4.79 Å². The van der Waals surface area contributed by atoms with Crippen molar-refractivity contribution in [3.8, 4) is 0 Å². The second-order valence-corrected chi connectivity index (χ2v) is 5.84. The molecule has 2 aromatic rings. The monoisotopic (exact) mass is 312 g/mol. The van der Waals surface area contributed by atoms with Gasteiger partial charge in [-0.1, -0.05) is 35.5 Å². The highest BCUT2D eigenvalue weighted by Gasteiger charge is 2.42. The third-order valence-corrected chi connectivity index (χ3v) is 3.89. The fourth-order valence-electron chi connectivity index (χ4n) is 2.58. The quantitative estimate of drug-likeness (QED) is 0.944. The molecule has 0 radical (unpaired) electrons. The molecule has 120 valence electrons. The Labute approximate surface area is 135 Å². The van der Waals surface area contributed by atoms with Gasteiger partial charge in [-0.2, -0.15) is 5.10 Å². The van der Waals surface area contributed by atoms with Crippen molar-refractivity contribution in [3.05, 3.63) is 47.7 Å². The fraction of sp³-hybridized carbons (Fsp3) is 0.353. The number of hydrogen-bond acceptors (Lipinski definition) is 4. The molecule has 6 nitrogen and oxygen atoms in total.